The highest BCUT2D eigenvalue weighted by molar-refractivity contribution is 7.12. The number of hydrogen-bond donors (Lipinski definition) is 1. The molecule has 2 aromatic rings. The Hall–Kier alpha value is -1.94. The Balaban J connectivity index is 2.12. The third kappa shape index (κ3) is 1.96. The molecular formula is C16H14O3S. The molecule has 1 aromatic carbocycles. The highest BCUT2D eigenvalue weighted by Gasteiger charge is 2.35. The molecule has 1 unspecified atom stereocenters. The molecule has 0 fully saturated rings. The second-order valence-electron chi connectivity index (χ2n) is 4.99. The van der Waals surface area contributed by atoms with Gasteiger partial charge in [0.05, 0.1) is 5.92 Å². The van der Waals surface area contributed by atoms with Crippen LogP contribution in [-0.2, 0) is 11.2 Å². The van der Waals surface area contributed by atoms with Crippen molar-refractivity contribution in [3.8, 4) is 0 Å². The molecule has 1 aliphatic carbocycles. The van der Waals surface area contributed by atoms with Gasteiger partial charge in [0.2, 0.25) is 0 Å². The number of carbonyl (C=O) groups is 2. The van der Waals surface area contributed by atoms with E-state index in [1.807, 2.05) is 25.1 Å². The highest BCUT2D eigenvalue weighted by Crippen LogP contribution is 2.43. The zero-order valence-corrected chi connectivity index (χ0v) is 11.9. The molecular weight excluding hydrogens is 272 g/mol. The lowest BCUT2D eigenvalue weighted by Gasteiger charge is -2.09. The zero-order chi connectivity index (χ0) is 14.3. The fourth-order valence-electron chi connectivity index (χ4n) is 2.86. The summed E-state index contributed by atoms with van der Waals surface area (Å²) in [7, 11) is 0. The molecule has 0 aliphatic heterocycles. The first-order valence-electron chi connectivity index (χ1n) is 6.54. The molecule has 1 heterocycles. The molecule has 0 saturated heterocycles. The van der Waals surface area contributed by atoms with E-state index < -0.39 is 11.9 Å². The Morgan fingerprint density at radius 1 is 1.25 bits per heavy atom. The molecule has 0 saturated carbocycles. The van der Waals surface area contributed by atoms with E-state index in [4.69, 9.17) is 0 Å². The van der Waals surface area contributed by atoms with Gasteiger partial charge in [-0.3, -0.25) is 9.59 Å². The molecule has 0 amide bonds. The summed E-state index contributed by atoms with van der Waals surface area (Å²) in [6.07, 6.45) is 1.37. The number of thiophene rings is 1. The summed E-state index contributed by atoms with van der Waals surface area (Å²) < 4.78 is 0. The first-order valence-corrected chi connectivity index (χ1v) is 7.36. The SMILES string of the molecule is Cc1sc2c(c1C(=O)c1ccccc1)C(C(=O)O)CC2. The fraction of sp³-hybridized carbons (Fsp3) is 0.250. The summed E-state index contributed by atoms with van der Waals surface area (Å²) in [5.74, 6) is -1.42. The van der Waals surface area contributed by atoms with E-state index in [0.717, 1.165) is 21.7 Å². The predicted molar refractivity (Wildman–Crippen MR) is 77.6 cm³/mol. The van der Waals surface area contributed by atoms with Crippen LogP contribution in [0.2, 0.25) is 0 Å². The van der Waals surface area contributed by atoms with Crippen molar-refractivity contribution in [2.75, 3.05) is 0 Å². The van der Waals surface area contributed by atoms with E-state index in [1.165, 1.54) is 0 Å². The molecule has 0 radical (unpaired) electrons. The van der Waals surface area contributed by atoms with Crippen molar-refractivity contribution in [3.63, 3.8) is 0 Å². The Bertz CT molecular complexity index is 685. The van der Waals surface area contributed by atoms with Crippen LogP contribution in [-0.4, -0.2) is 16.9 Å². The minimum atomic E-state index is -0.830. The van der Waals surface area contributed by atoms with Crippen LogP contribution < -0.4 is 0 Å². The van der Waals surface area contributed by atoms with Crippen molar-refractivity contribution in [1.29, 1.82) is 0 Å². The van der Waals surface area contributed by atoms with E-state index in [9.17, 15) is 14.7 Å². The summed E-state index contributed by atoms with van der Waals surface area (Å²) >= 11 is 1.56. The van der Waals surface area contributed by atoms with Gasteiger partial charge in [0.25, 0.3) is 0 Å². The van der Waals surface area contributed by atoms with Gasteiger partial charge >= 0.3 is 5.97 Å². The molecule has 1 atom stereocenters. The quantitative estimate of drug-likeness (QED) is 0.880. The third-order valence-corrected chi connectivity index (χ3v) is 4.95. The number of carboxylic acids is 1. The number of ketones is 1. The van der Waals surface area contributed by atoms with E-state index in [0.29, 0.717) is 17.5 Å². The Kier molecular flexibility index (Phi) is 3.18. The lowest BCUT2D eigenvalue weighted by Crippen LogP contribution is -2.12. The number of rotatable bonds is 3. The van der Waals surface area contributed by atoms with Crippen LogP contribution >= 0.6 is 11.3 Å². The minimum Gasteiger partial charge on any atom is -0.481 e. The van der Waals surface area contributed by atoms with E-state index >= 15 is 0 Å². The maximum atomic E-state index is 12.7. The molecule has 0 bridgehead atoms. The van der Waals surface area contributed by atoms with Gasteiger partial charge in [-0.2, -0.15) is 0 Å². The monoisotopic (exact) mass is 286 g/mol. The average Bonchev–Trinajstić information content (AvgIpc) is 2.96. The van der Waals surface area contributed by atoms with Gasteiger partial charge in [-0.05, 0) is 25.3 Å². The molecule has 3 rings (SSSR count). The predicted octanol–water partition coefficient (Wildman–Crippen LogP) is 3.40. The number of carbonyl (C=O) groups excluding carboxylic acids is 1. The topological polar surface area (TPSA) is 54.4 Å². The number of carboxylic acid groups (broad SMARTS) is 1. The van der Waals surface area contributed by atoms with Gasteiger partial charge in [-0.1, -0.05) is 30.3 Å². The zero-order valence-electron chi connectivity index (χ0n) is 11.1. The molecule has 20 heavy (non-hydrogen) atoms. The van der Waals surface area contributed by atoms with Crippen molar-refractivity contribution in [3.05, 3.63) is 56.8 Å². The highest BCUT2D eigenvalue weighted by atomic mass is 32.1. The van der Waals surface area contributed by atoms with Crippen LogP contribution in [0, 0.1) is 6.92 Å². The summed E-state index contributed by atoms with van der Waals surface area (Å²) in [5, 5.41) is 9.34. The number of aliphatic carboxylic acids is 1. The van der Waals surface area contributed by atoms with Gasteiger partial charge in [-0.15, -0.1) is 11.3 Å². The Morgan fingerprint density at radius 2 is 1.95 bits per heavy atom. The molecule has 0 spiro atoms. The third-order valence-electron chi connectivity index (χ3n) is 3.77. The number of benzene rings is 1. The lowest BCUT2D eigenvalue weighted by atomic mass is 9.93. The fourth-order valence-corrected chi connectivity index (χ4v) is 4.11. The summed E-state index contributed by atoms with van der Waals surface area (Å²) in [4.78, 5) is 26.0. The first kappa shape index (κ1) is 13.1. The van der Waals surface area contributed by atoms with Crippen LogP contribution in [0.15, 0.2) is 30.3 Å². The second kappa shape index (κ2) is 4.87. The van der Waals surface area contributed by atoms with E-state index in [2.05, 4.69) is 0 Å². The first-order chi connectivity index (χ1) is 9.59. The van der Waals surface area contributed by atoms with Gasteiger partial charge in [-0.25, -0.2) is 0 Å². The standard InChI is InChI=1S/C16H14O3S/c1-9-13(15(17)10-5-3-2-4-6-10)14-11(16(18)19)7-8-12(14)20-9/h2-6,11H,7-8H2,1H3,(H,18,19). The minimum absolute atomic E-state index is 0.0613. The Morgan fingerprint density at radius 3 is 2.60 bits per heavy atom. The van der Waals surface area contributed by atoms with E-state index in [-0.39, 0.29) is 5.78 Å². The molecule has 1 aromatic heterocycles. The van der Waals surface area contributed by atoms with Crippen molar-refractivity contribution in [2.24, 2.45) is 0 Å². The number of fused-ring (bicyclic) bond motifs is 1. The van der Waals surface area contributed by atoms with Gasteiger partial charge in [0, 0.05) is 20.9 Å². The van der Waals surface area contributed by atoms with Crippen LogP contribution in [0.4, 0.5) is 0 Å². The van der Waals surface area contributed by atoms with Crippen molar-refractivity contribution in [1.82, 2.24) is 0 Å². The van der Waals surface area contributed by atoms with Gasteiger partial charge < -0.3 is 5.11 Å². The smallest absolute Gasteiger partial charge is 0.311 e. The number of aryl methyl sites for hydroxylation is 2. The van der Waals surface area contributed by atoms with Crippen molar-refractivity contribution in [2.45, 2.75) is 25.7 Å². The largest absolute Gasteiger partial charge is 0.481 e. The van der Waals surface area contributed by atoms with Crippen molar-refractivity contribution >= 4 is 23.1 Å². The van der Waals surface area contributed by atoms with Gasteiger partial charge in [0.1, 0.15) is 0 Å². The molecule has 4 heteroatoms. The summed E-state index contributed by atoms with van der Waals surface area (Å²) in [5.41, 5.74) is 1.99. The molecule has 1 N–H and O–H groups in total. The molecule has 3 nitrogen and oxygen atoms in total. The molecule has 1 aliphatic rings. The van der Waals surface area contributed by atoms with E-state index in [1.54, 1.807) is 23.5 Å². The van der Waals surface area contributed by atoms with Crippen LogP contribution in [0.5, 0.6) is 0 Å². The summed E-state index contributed by atoms with van der Waals surface area (Å²) in [6, 6.07) is 9.06. The normalized spacial score (nSPS) is 16.9. The lowest BCUT2D eigenvalue weighted by molar-refractivity contribution is -0.138. The van der Waals surface area contributed by atoms with Crippen LogP contribution in [0.25, 0.3) is 0 Å². The Labute approximate surface area is 120 Å². The molecule has 102 valence electrons. The van der Waals surface area contributed by atoms with Gasteiger partial charge in [0.15, 0.2) is 5.78 Å². The van der Waals surface area contributed by atoms with Crippen LogP contribution in [0.1, 0.15) is 43.6 Å². The second-order valence-corrected chi connectivity index (χ2v) is 6.30. The van der Waals surface area contributed by atoms with Crippen molar-refractivity contribution < 1.29 is 14.7 Å². The maximum Gasteiger partial charge on any atom is 0.311 e. The average molecular weight is 286 g/mol. The maximum absolute atomic E-state index is 12.7. The summed E-state index contributed by atoms with van der Waals surface area (Å²) in [6.45, 7) is 1.90. The number of hydrogen-bond acceptors (Lipinski definition) is 3. The van der Waals surface area contributed by atoms with Crippen LogP contribution in [0.3, 0.4) is 0 Å².